The first-order valence-electron chi connectivity index (χ1n) is 9.65. The number of phenolic OH excluding ortho intramolecular Hbond substituents is 1. The number of aliphatic hydroxyl groups excluding tert-OH is 1. The van der Waals surface area contributed by atoms with Gasteiger partial charge in [0.1, 0.15) is 12.2 Å². The molecule has 0 unspecified atom stereocenters. The highest BCUT2D eigenvalue weighted by molar-refractivity contribution is 5.75. The number of aromatic hydroxyl groups is 1. The number of pyridine rings is 1. The van der Waals surface area contributed by atoms with Crippen molar-refractivity contribution in [2.75, 3.05) is 13.6 Å². The van der Waals surface area contributed by atoms with Crippen LogP contribution in [0.15, 0.2) is 42.6 Å². The number of benzene rings is 1. The molecule has 138 valence electrons. The number of rotatable bonds is 1. The van der Waals surface area contributed by atoms with Crippen LogP contribution in [0.25, 0.3) is 11.3 Å². The number of nitrogens with zero attached hydrogens (tertiary/aromatic N) is 2. The van der Waals surface area contributed by atoms with Gasteiger partial charge in [-0.2, -0.15) is 0 Å². The Morgan fingerprint density at radius 2 is 2.19 bits per heavy atom. The van der Waals surface area contributed by atoms with E-state index in [0.29, 0.717) is 11.8 Å². The number of hydrogen-bond donors (Lipinski definition) is 2. The Morgan fingerprint density at radius 1 is 1.30 bits per heavy atom. The van der Waals surface area contributed by atoms with Gasteiger partial charge in [-0.3, -0.25) is 4.98 Å². The summed E-state index contributed by atoms with van der Waals surface area (Å²) in [6.07, 6.45) is 6.69. The Bertz CT molecular complexity index is 973. The molecule has 2 aliphatic heterocycles. The maximum atomic E-state index is 10.8. The fraction of sp³-hybridized carbons (Fsp3) is 0.409. The number of aliphatic hydroxyl groups is 1. The van der Waals surface area contributed by atoms with Gasteiger partial charge < -0.3 is 19.8 Å². The number of phenols is 1. The zero-order valence-electron chi connectivity index (χ0n) is 15.2. The van der Waals surface area contributed by atoms with Crippen molar-refractivity contribution in [2.45, 2.75) is 36.5 Å². The van der Waals surface area contributed by atoms with Crippen molar-refractivity contribution in [3.05, 3.63) is 53.7 Å². The average molecular weight is 362 g/mol. The van der Waals surface area contributed by atoms with Gasteiger partial charge in [0.25, 0.3) is 0 Å². The van der Waals surface area contributed by atoms with E-state index in [-0.39, 0.29) is 23.2 Å². The second kappa shape index (κ2) is 5.12. The second-order valence-electron chi connectivity index (χ2n) is 8.32. The summed E-state index contributed by atoms with van der Waals surface area (Å²) in [5.74, 6) is 1.02. The fourth-order valence-corrected chi connectivity index (χ4v) is 6.07. The predicted molar refractivity (Wildman–Crippen MR) is 101 cm³/mol. The van der Waals surface area contributed by atoms with Gasteiger partial charge in [0.05, 0.1) is 5.69 Å². The van der Waals surface area contributed by atoms with Crippen LogP contribution in [0.3, 0.4) is 0 Å². The van der Waals surface area contributed by atoms with E-state index in [1.54, 1.807) is 12.3 Å². The van der Waals surface area contributed by atoms with Gasteiger partial charge in [-0.15, -0.1) is 0 Å². The summed E-state index contributed by atoms with van der Waals surface area (Å²) in [5, 5.41) is 21.5. The summed E-state index contributed by atoms with van der Waals surface area (Å²) in [7, 11) is 2.19. The molecule has 1 spiro atoms. The van der Waals surface area contributed by atoms with E-state index in [0.717, 1.165) is 36.2 Å². The average Bonchev–Trinajstić information content (AvgIpc) is 3.04. The molecule has 5 heteroatoms. The van der Waals surface area contributed by atoms with Gasteiger partial charge in [-0.25, -0.2) is 0 Å². The lowest BCUT2D eigenvalue weighted by Gasteiger charge is -2.56. The Morgan fingerprint density at radius 3 is 3.00 bits per heavy atom. The van der Waals surface area contributed by atoms with Crippen molar-refractivity contribution in [3.63, 3.8) is 0 Å². The molecule has 27 heavy (non-hydrogen) atoms. The Hall–Kier alpha value is -2.37. The third kappa shape index (κ3) is 1.79. The Balaban J connectivity index is 1.68. The minimum absolute atomic E-state index is 0.154. The zero-order valence-corrected chi connectivity index (χ0v) is 15.2. The van der Waals surface area contributed by atoms with Crippen LogP contribution < -0.4 is 4.74 Å². The van der Waals surface area contributed by atoms with Crippen molar-refractivity contribution in [1.82, 2.24) is 9.88 Å². The van der Waals surface area contributed by atoms with Crippen LogP contribution in [0.5, 0.6) is 11.5 Å². The normalized spacial score (nSPS) is 35.6. The summed E-state index contributed by atoms with van der Waals surface area (Å²) < 4.78 is 6.26. The topological polar surface area (TPSA) is 65.8 Å². The third-order valence-electron chi connectivity index (χ3n) is 7.22. The van der Waals surface area contributed by atoms with Crippen molar-refractivity contribution >= 4 is 0 Å². The molecule has 5 nitrogen and oxygen atoms in total. The van der Waals surface area contributed by atoms with Gasteiger partial charge in [-0.05, 0) is 50.2 Å². The van der Waals surface area contributed by atoms with E-state index in [4.69, 9.17) is 4.74 Å². The van der Waals surface area contributed by atoms with Gasteiger partial charge in [0, 0.05) is 34.7 Å². The predicted octanol–water partition coefficient (Wildman–Crippen LogP) is 2.26. The number of likely N-dealkylation sites (N-methyl/N-ethyl adjacent to an activating group) is 1. The van der Waals surface area contributed by atoms with Crippen molar-refractivity contribution in [3.8, 4) is 22.8 Å². The van der Waals surface area contributed by atoms with E-state index in [1.807, 2.05) is 24.3 Å². The number of piperidine rings is 1. The maximum Gasteiger partial charge on any atom is 0.165 e. The molecular formula is C22H22N2O3. The van der Waals surface area contributed by atoms with E-state index in [2.05, 4.69) is 23.0 Å². The van der Waals surface area contributed by atoms with Crippen LogP contribution in [0.4, 0.5) is 0 Å². The second-order valence-corrected chi connectivity index (χ2v) is 8.32. The van der Waals surface area contributed by atoms with Crippen LogP contribution >= 0.6 is 0 Å². The molecule has 5 atom stereocenters. The SMILES string of the molecule is CN1CC[C@]23c4c5c(-c6ccccn6)cc(O)c4O[C@H]2[C@@H](O)C=C[C@H]3[C@H]1C5. The molecule has 3 heterocycles. The number of likely N-dealkylation sites (tertiary alicyclic amines) is 1. The molecule has 1 fully saturated rings. The Kier molecular flexibility index (Phi) is 2.97. The number of aromatic nitrogens is 1. The fourth-order valence-electron chi connectivity index (χ4n) is 6.07. The van der Waals surface area contributed by atoms with Gasteiger partial charge in [0.2, 0.25) is 0 Å². The van der Waals surface area contributed by atoms with Crippen molar-refractivity contribution in [1.29, 1.82) is 0 Å². The molecule has 0 amide bonds. The van der Waals surface area contributed by atoms with E-state index >= 15 is 0 Å². The number of ether oxygens (including phenoxy) is 1. The maximum absolute atomic E-state index is 10.8. The van der Waals surface area contributed by atoms with E-state index in [1.165, 1.54) is 5.56 Å². The van der Waals surface area contributed by atoms with Gasteiger partial charge >= 0.3 is 0 Å². The molecule has 6 rings (SSSR count). The zero-order chi connectivity index (χ0) is 18.3. The number of hydrogen-bond acceptors (Lipinski definition) is 5. The molecule has 1 aromatic carbocycles. The van der Waals surface area contributed by atoms with Crippen molar-refractivity contribution in [2.24, 2.45) is 5.92 Å². The molecule has 2 aromatic rings. The van der Waals surface area contributed by atoms with E-state index in [9.17, 15) is 10.2 Å². The lowest BCUT2D eigenvalue weighted by atomic mass is 9.53. The van der Waals surface area contributed by atoms with Crippen LogP contribution in [-0.2, 0) is 11.8 Å². The standard InChI is InChI=1S/C22H22N2O3/c1-24-9-7-22-14-5-6-17(25)21(22)27-20-18(26)11-12(15-4-2-3-8-23-15)13(19(20)22)10-16(14)24/h2-6,8,11,14,16-17,21,25-26H,7,9-10H2,1H3/t14-,16+,17-,21-,22-/m0/s1. The molecule has 2 bridgehead atoms. The first-order valence-corrected chi connectivity index (χ1v) is 9.65. The van der Waals surface area contributed by atoms with Crippen LogP contribution in [0, 0.1) is 5.92 Å². The summed E-state index contributed by atoms with van der Waals surface area (Å²) in [6, 6.07) is 8.02. The first kappa shape index (κ1) is 15.7. The summed E-state index contributed by atoms with van der Waals surface area (Å²) in [6.45, 7) is 0.967. The molecule has 2 aliphatic carbocycles. The van der Waals surface area contributed by atoms with Crippen molar-refractivity contribution < 1.29 is 14.9 Å². The molecule has 1 aromatic heterocycles. The Labute approximate surface area is 157 Å². The molecule has 2 N–H and O–H groups in total. The quantitative estimate of drug-likeness (QED) is 0.762. The molecule has 0 saturated carbocycles. The monoisotopic (exact) mass is 362 g/mol. The van der Waals surface area contributed by atoms with E-state index < -0.39 is 6.10 Å². The minimum Gasteiger partial charge on any atom is -0.504 e. The highest BCUT2D eigenvalue weighted by Gasteiger charge is 2.64. The third-order valence-corrected chi connectivity index (χ3v) is 7.22. The lowest BCUT2D eigenvalue weighted by Crippen LogP contribution is -2.64. The van der Waals surface area contributed by atoms with Crippen LogP contribution in [-0.4, -0.2) is 51.9 Å². The minimum atomic E-state index is -0.652. The van der Waals surface area contributed by atoms with Gasteiger partial charge in [-0.1, -0.05) is 18.2 Å². The van der Waals surface area contributed by atoms with Crippen LogP contribution in [0.1, 0.15) is 17.5 Å². The van der Waals surface area contributed by atoms with Crippen LogP contribution in [0.2, 0.25) is 0 Å². The largest absolute Gasteiger partial charge is 0.504 e. The molecule has 4 aliphatic rings. The highest BCUT2D eigenvalue weighted by atomic mass is 16.5. The molecule has 0 radical (unpaired) electrons. The highest BCUT2D eigenvalue weighted by Crippen LogP contribution is 2.63. The lowest BCUT2D eigenvalue weighted by molar-refractivity contribution is -0.0452. The molecule has 1 saturated heterocycles. The first-order chi connectivity index (χ1) is 13.1. The summed E-state index contributed by atoms with van der Waals surface area (Å²) >= 11 is 0. The van der Waals surface area contributed by atoms with Gasteiger partial charge in [0.15, 0.2) is 11.5 Å². The molecular weight excluding hydrogens is 340 g/mol. The smallest absolute Gasteiger partial charge is 0.165 e. The summed E-state index contributed by atoms with van der Waals surface area (Å²) in [5.41, 5.74) is 3.93. The summed E-state index contributed by atoms with van der Waals surface area (Å²) in [4.78, 5) is 6.98.